The average Bonchev–Trinajstić information content (AvgIpc) is 2.95. The summed E-state index contributed by atoms with van der Waals surface area (Å²) >= 11 is 0. The van der Waals surface area contributed by atoms with Gasteiger partial charge in [0.05, 0.1) is 7.11 Å². The zero-order valence-electron chi connectivity index (χ0n) is 26.5. The van der Waals surface area contributed by atoms with E-state index in [4.69, 9.17) is 19.5 Å². The number of carbonyl (C=O) groups excluding carboxylic acids is 5. The number of carboxylic acids is 1. The first-order valence-electron chi connectivity index (χ1n) is 11.0. The Balaban J connectivity index is -0.0000000739. The Kier molecular flexibility index (Phi) is 41.2. The minimum Gasteiger partial charge on any atom is -1.00 e. The second-order valence-corrected chi connectivity index (χ2v) is 7.10. The van der Waals surface area contributed by atoms with Crippen LogP contribution in [0.3, 0.4) is 0 Å². The number of hydrogen-bond acceptors (Lipinski definition) is 10. The van der Waals surface area contributed by atoms with E-state index in [1.54, 1.807) is 0 Å². The van der Waals surface area contributed by atoms with Crippen molar-refractivity contribution < 1.29 is 211 Å². The summed E-state index contributed by atoms with van der Waals surface area (Å²) in [4.78, 5) is 53.7. The Morgan fingerprint density at radius 2 is 0.768 bits per heavy atom. The standard InChI is InChI=1S/C6H6F6O3.C5H4F6O3.C5H4F6O2.3CF2O.CH4.K.H/c1-14-3(13)2-15-6(11,12)4(7)5(8,9)10;6-3(4(7,8)9)5(10,11)14-1-2(12)13;6-3(4(7,8)9)5(10,11)13-2-1-12;3*2-1(3)4;;;/h4H,2H2,1H3;3H,1H2,(H,12,13);1,3H,2H2;;;;1H4;;/q;;;;;;;+1;-1. The van der Waals surface area contributed by atoms with Crippen LogP contribution in [-0.4, -0.2) is 125 Å². The summed E-state index contributed by atoms with van der Waals surface area (Å²) in [5, 5.41) is 7.80. The van der Waals surface area contributed by atoms with Gasteiger partial charge in [0.15, 0.2) is 13.2 Å². The molecule has 0 fully saturated rings. The molecule has 1 N–H and O–H groups in total. The molecule has 3 unspecified atom stereocenters. The minimum absolute atomic E-state index is 0. The number of ether oxygens (including phenoxy) is 4. The van der Waals surface area contributed by atoms with E-state index in [1.165, 1.54) is 0 Å². The Hall–Kier alpha value is -2.54. The number of esters is 1. The number of rotatable bonds is 12. The van der Waals surface area contributed by atoms with Crippen LogP contribution in [0.15, 0.2) is 0 Å². The monoisotopic (exact) mass is 930 g/mol. The van der Waals surface area contributed by atoms with Crippen molar-refractivity contribution >= 4 is 37.1 Å². The topological polar surface area (TPSA) is 160 Å². The van der Waals surface area contributed by atoms with Crippen molar-refractivity contribution in [2.24, 2.45) is 0 Å². The molecule has 36 heteroatoms. The molecule has 0 bridgehead atoms. The van der Waals surface area contributed by atoms with Gasteiger partial charge in [-0.05, 0) is 0 Å². The summed E-state index contributed by atoms with van der Waals surface area (Å²) in [6.45, 7) is -4.49. The van der Waals surface area contributed by atoms with E-state index >= 15 is 0 Å². The first-order valence-corrected chi connectivity index (χ1v) is 11.0. The number of carboxylic acid groups (broad SMARTS) is 1. The summed E-state index contributed by atoms with van der Waals surface area (Å²) in [5.74, 6) is -3.27. The van der Waals surface area contributed by atoms with Gasteiger partial charge >= 0.3 is 119 Å². The summed E-state index contributed by atoms with van der Waals surface area (Å²) in [7, 11) is 0.806. The maximum absolute atomic E-state index is 12.3. The van der Waals surface area contributed by atoms with E-state index in [1.807, 2.05) is 0 Å². The predicted molar refractivity (Wildman–Crippen MR) is 122 cm³/mol. The number of aldehydes is 1. The van der Waals surface area contributed by atoms with Crippen LogP contribution in [0.2, 0.25) is 0 Å². The number of alkyl halides is 18. The molecule has 0 saturated heterocycles. The number of aliphatic carboxylic acids is 1. The minimum atomic E-state index is -5.80. The average molecular weight is 930 g/mol. The van der Waals surface area contributed by atoms with Crippen LogP contribution in [0, 0.1) is 0 Å². The van der Waals surface area contributed by atoms with Gasteiger partial charge in [0.1, 0.15) is 12.9 Å². The van der Waals surface area contributed by atoms with Gasteiger partial charge in [-0.15, -0.1) is 26.3 Å². The molecule has 0 aliphatic rings. The summed E-state index contributed by atoms with van der Waals surface area (Å²) in [6.07, 6.45) is -54.8. The van der Waals surface area contributed by atoms with Crippen LogP contribution in [0.5, 0.6) is 0 Å². The largest absolute Gasteiger partial charge is 1.00 e. The first-order chi connectivity index (χ1) is 23.6. The van der Waals surface area contributed by atoms with Crippen LogP contribution in [0.25, 0.3) is 0 Å². The zero-order chi connectivity index (χ0) is 45.3. The molecular formula is C20H19F24KO11. The molecule has 334 valence electrons. The van der Waals surface area contributed by atoms with Gasteiger partial charge in [0.25, 0.3) is 18.5 Å². The van der Waals surface area contributed by atoms with E-state index < -0.39 is 106 Å². The molecule has 0 amide bonds. The normalized spacial score (nSPS) is 12.8. The van der Waals surface area contributed by atoms with Crippen molar-refractivity contribution in [1.82, 2.24) is 0 Å². The van der Waals surface area contributed by atoms with E-state index in [2.05, 4.69) is 18.9 Å². The van der Waals surface area contributed by atoms with Crippen LogP contribution in [0.4, 0.5) is 120 Å². The van der Waals surface area contributed by atoms with E-state index in [9.17, 15) is 120 Å². The Morgan fingerprint density at radius 1 is 0.554 bits per heavy atom. The van der Waals surface area contributed by atoms with Crippen molar-refractivity contribution in [2.75, 3.05) is 26.9 Å². The van der Waals surface area contributed by atoms with Crippen molar-refractivity contribution in [3.8, 4) is 0 Å². The van der Waals surface area contributed by atoms with Gasteiger partial charge in [-0.2, -0.15) is 65.9 Å². The molecule has 0 aromatic rings. The number of methoxy groups -OCH3 is 1. The Labute approximate surface area is 336 Å². The molecule has 0 aromatic heterocycles. The molecule has 0 aromatic carbocycles. The quantitative estimate of drug-likeness (QED) is 0.0825. The van der Waals surface area contributed by atoms with Crippen LogP contribution in [0.1, 0.15) is 8.85 Å². The fourth-order valence-corrected chi connectivity index (χ4v) is 1.31. The molecule has 0 rings (SSSR count). The van der Waals surface area contributed by atoms with Gasteiger partial charge in [-0.1, -0.05) is 7.43 Å². The zero-order valence-corrected chi connectivity index (χ0v) is 28.7. The van der Waals surface area contributed by atoms with E-state index in [0.717, 1.165) is 7.11 Å². The van der Waals surface area contributed by atoms with E-state index in [0.29, 0.717) is 0 Å². The molecule has 0 radical (unpaired) electrons. The molecule has 0 aliphatic carbocycles. The Morgan fingerprint density at radius 3 is 0.946 bits per heavy atom. The van der Waals surface area contributed by atoms with Gasteiger partial charge in [0.2, 0.25) is 0 Å². The van der Waals surface area contributed by atoms with Crippen molar-refractivity contribution in [2.45, 2.75) is 62.8 Å². The van der Waals surface area contributed by atoms with E-state index in [-0.39, 0.29) is 66.5 Å². The number of halogens is 24. The smallest absolute Gasteiger partial charge is 1.00 e. The van der Waals surface area contributed by atoms with Crippen molar-refractivity contribution in [3.05, 3.63) is 0 Å². The van der Waals surface area contributed by atoms with Crippen LogP contribution >= 0.6 is 0 Å². The van der Waals surface area contributed by atoms with Crippen LogP contribution < -0.4 is 51.4 Å². The molecule has 11 nitrogen and oxygen atoms in total. The predicted octanol–water partition coefficient (Wildman–Crippen LogP) is 5.83. The van der Waals surface area contributed by atoms with Crippen molar-refractivity contribution in [1.29, 1.82) is 0 Å². The summed E-state index contributed by atoms with van der Waals surface area (Å²) in [6, 6.07) is 0. The SMILES string of the molecule is C.COC(=O)COC(F)(F)C(F)C(F)(F)F.O=C(F)F.O=C(F)F.O=C(F)F.O=C(O)COC(F)(F)C(F)C(F)(F)F.O=CCOC(F)(F)C(F)C(F)(F)F.[H-].[K+]. The molecule has 0 spiro atoms. The second-order valence-electron chi connectivity index (χ2n) is 7.10. The van der Waals surface area contributed by atoms with Gasteiger partial charge in [0, 0.05) is 0 Å². The van der Waals surface area contributed by atoms with Crippen LogP contribution in [-0.2, 0) is 33.3 Å². The molecule has 3 atom stereocenters. The maximum atomic E-state index is 12.3. The number of carbonyl (C=O) groups is 6. The third kappa shape index (κ3) is 47.6. The maximum Gasteiger partial charge on any atom is 1.00 e. The molecule has 0 heterocycles. The van der Waals surface area contributed by atoms with Gasteiger partial charge < -0.3 is 30.3 Å². The molecule has 56 heavy (non-hydrogen) atoms. The Bertz CT molecular complexity index is 1080. The number of hydrogen-bond donors (Lipinski definition) is 1. The third-order valence-corrected chi connectivity index (χ3v) is 3.09. The van der Waals surface area contributed by atoms with Gasteiger partial charge in [-0.3, -0.25) is 0 Å². The third-order valence-electron chi connectivity index (χ3n) is 3.09. The molecular weight excluding hydrogens is 911 g/mol. The summed E-state index contributed by atoms with van der Waals surface area (Å²) in [5.41, 5.74) is 0. The first kappa shape index (κ1) is 71.2. The fourth-order valence-electron chi connectivity index (χ4n) is 1.31. The summed E-state index contributed by atoms with van der Waals surface area (Å²) < 4.78 is 283. The van der Waals surface area contributed by atoms with Crippen molar-refractivity contribution in [3.63, 3.8) is 0 Å². The molecule has 0 saturated carbocycles. The van der Waals surface area contributed by atoms with Gasteiger partial charge in [-0.25, -0.2) is 37.1 Å². The fraction of sp³-hybridized carbons (Fsp3) is 0.700. The molecule has 0 aliphatic heterocycles. The second kappa shape index (κ2) is 32.4.